The number of benzene rings is 1. The number of nitriles is 1. The Hall–Kier alpha value is -3.80. The summed E-state index contributed by atoms with van der Waals surface area (Å²) >= 11 is 0. The van der Waals surface area contributed by atoms with E-state index in [9.17, 15) is 14.9 Å². The van der Waals surface area contributed by atoms with Crippen molar-refractivity contribution in [2.45, 2.75) is 58.7 Å². The summed E-state index contributed by atoms with van der Waals surface area (Å²) in [6, 6.07) is 11.5. The summed E-state index contributed by atoms with van der Waals surface area (Å²) in [4.78, 5) is 32.5. The van der Waals surface area contributed by atoms with Crippen molar-refractivity contribution in [1.82, 2.24) is 19.4 Å². The fraction of sp³-hybridized carbons (Fsp3) is 0.462. The molecule has 1 saturated heterocycles. The lowest BCUT2D eigenvalue weighted by atomic mass is 10.1. The van der Waals surface area contributed by atoms with E-state index in [4.69, 9.17) is 4.74 Å². The molecule has 0 spiro atoms. The molecule has 1 N–H and O–H groups in total. The summed E-state index contributed by atoms with van der Waals surface area (Å²) in [5.74, 6) is 0. The second kappa shape index (κ2) is 9.45. The van der Waals surface area contributed by atoms with Gasteiger partial charge in [-0.15, -0.1) is 0 Å². The number of nitrogens with one attached hydrogen (secondary N) is 1. The molecule has 35 heavy (non-hydrogen) atoms. The number of hydrogen-bond acceptors (Lipinski definition) is 6. The van der Waals surface area contributed by atoms with Crippen LogP contribution in [0.5, 0.6) is 0 Å². The number of anilines is 1. The minimum Gasteiger partial charge on any atom is -0.444 e. The largest absolute Gasteiger partial charge is 0.444 e. The van der Waals surface area contributed by atoms with Gasteiger partial charge in [0.1, 0.15) is 11.6 Å². The Morgan fingerprint density at radius 3 is 2.77 bits per heavy atom. The van der Waals surface area contributed by atoms with Gasteiger partial charge in [0.25, 0.3) is 0 Å². The molecule has 4 rings (SSSR count). The summed E-state index contributed by atoms with van der Waals surface area (Å²) in [6.45, 7) is 9.21. The van der Waals surface area contributed by atoms with Crippen LogP contribution >= 0.6 is 0 Å². The molecule has 1 aliphatic rings. The number of carbonyl (C=O) groups is 1. The van der Waals surface area contributed by atoms with Gasteiger partial charge in [-0.05, 0) is 58.2 Å². The molecule has 0 bridgehead atoms. The first-order chi connectivity index (χ1) is 16.6. The van der Waals surface area contributed by atoms with Crippen LogP contribution in [0.25, 0.3) is 11.2 Å². The van der Waals surface area contributed by atoms with Gasteiger partial charge < -0.3 is 15.0 Å². The molecule has 0 radical (unpaired) electrons. The van der Waals surface area contributed by atoms with E-state index < -0.39 is 6.09 Å². The van der Waals surface area contributed by atoms with Gasteiger partial charge in [-0.2, -0.15) is 5.26 Å². The monoisotopic (exact) mass is 476 g/mol. The second-order valence-electron chi connectivity index (χ2n) is 10.1. The molecule has 9 heteroatoms. The van der Waals surface area contributed by atoms with E-state index in [1.165, 1.54) is 0 Å². The van der Waals surface area contributed by atoms with Crippen molar-refractivity contribution in [2.75, 3.05) is 18.0 Å². The Kier molecular flexibility index (Phi) is 6.57. The Morgan fingerprint density at radius 1 is 1.31 bits per heavy atom. The highest BCUT2D eigenvalue weighted by molar-refractivity contribution is 5.87. The molecule has 1 aromatic carbocycles. The number of ether oxygens (including phenoxy) is 1. The zero-order chi connectivity index (χ0) is 25.3. The van der Waals surface area contributed by atoms with Crippen molar-refractivity contribution in [3.63, 3.8) is 0 Å². The summed E-state index contributed by atoms with van der Waals surface area (Å²) in [5.41, 5.74) is 3.73. The molecular formula is C26H32N6O3. The summed E-state index contributed by atoms with van der Waals surface area (Å²) in [5, 5.41) is 12.4. The number of pyridine rings is 1. The number of nitrogens with zero attached hydrogens (tertiary/aromatic N) is 5. The first kappa shape index (κ1) is 24.3. The van der Waals surface area contributed by atoms with E-state index in [2.05, 4.69) is 21.3 Å². The molecule has 9 nitrogen and oxygen atoms in total. The smallest absolute Gasteiger partial charge is 0.407 e. The highest BCUT2D eigenvalue weighted by atomic mass is 16.6. The fourth-order valence-corrected chi connectivity index (χ4v) is 4.56. The SMILES string of the molecule is Cc1cc(N2CCCC(OC(=O)NC(C)(C)C)C2)c2c(n1)n(C)c(=O)n2Cc1ccccc1C#N. The Morgan fingerprint density at radius 2 is 2.06 bits per heavy atom. The van der Waals surface area contributed by atoms with Crippen LogP contribution in [-0.2, 0) is 18.3 Å². The fourth-order valence-electron chi connectivity index (χ4n) is 4.56. The highest BCUT2D eigenvalue weighted by Crippen LogP contribution is 2.30. The van der Waals surface area contributed by atoms with Crippen LogP contribution in [0.15, 0.2) is 35.1 Å². The third kappa shape index (κ3) is 5.16. The van der Waals surface area contributed by atoms with Gasteiger partial charge in [0.15, 0.2) is 5.65 Å². The average Bonchev–Trinajstić information content (AvgIpc) is 3.02. The van der Waals surface area contributed by atoms with Crippen molar-refractivity contribution in [1.29, 1.82) is 5.26 Å². The van der Waals surface area contributed by atoms with Crippen molar-refractivity contribution in [3.8, 4) is 6.07 Å². The van der Waals surface area contributed by atoms with E-state index in [1.54, 1.807) is 22.2 Å². The van der Waals surface area contributed by atoms with Crippen LogP contribution in [0.2, 0.25) is 0 Å². The number of aryl methyl sites for hydroxylation is 2. The number of piperidine rings is 1. The number of carbonyl (C=O) groups excluding carboxylic acids is 1. The predicted octanol–water partition coefficient (Wildman–Crippen LogP) is 3.46. The van der Waals surface area contributed by atoms with Gasteiger partial charge in [0, 0.05) is 24.8 Å². The molecular weight excluding hydrogens is 444 g/mol. The molecule has 3 heterocycles. The van der Waals surface area contributed by atoms with Gasteiger partial charge >= 0.3 is 11.8 Å². The van der Waals surface area contributed by atoms with E-state index in [0.29, 0.717) is 17.8 Å². The Bertz CT molecular complexity index is 1360. The zero-order valence-corrected chi connectivity index (χ0v) is 21.0. The minimum atomic E-state index is -0.426. The molecule has 0 saturated carbocycles. The summed E-state index contributed by atoms with van der Waals surface area (Å²) in [6.07, 6.45) is 0.936. The number of amides is 1. The van der Waals surface area contributed by atoms with Gasteiger partial charge in [-0.3, -0.25) is 9.13 Å². The quantitative estimate of drug-likeness (QED) is 0.618. The topological polar surface area (TPSA) is 105 Å². The van der Waals surface area contributed by atoms with Crippen LogP contribution in [0.4, 0.5) is 10.5 Å². The van der Waals surface area contributed by atoms with E-state index in [0.717, 1.165) is 41.8 Å². The van der Waals surface area contributed by atoms with E-state index >= 15 is 0 Å². The minimum absolute atomic E-state index is 0.193. The molecule has 1 aliphatic heterocycles. The molecule has 1 amide bonds. The maximum atomic E-state index is 13.3. The Labute approximate surface area is 204 Å². The van der Waals surface area contributed by atoms with Crippen molar-refractivity contribution >= 4 is 22.9 Å². The number of alkyl carbamates (subject to hydrolysis) is 1. The van der Waals surface area contributed by atoms with Gasteiger partial charge in [-0.25, -0.2) is 14.6 Å². The lowest BCUT2D eigenvalue weighted by Crippen LogP contribution is -2.46. The van der Waals surface area contributed by atoms with Crippen LogP contribution < -0.4 is 15.9 Å². The van der Waals surface area contributed by atoms with Crippen LogP contribution in [-0.4, -0.2) is 44.9 Å². The van der Waals surface area contributed by atoms with Crippen LogP contribution in [0.1, 0.15) is 50.4 Å². The molecule has 1 atom stereocenters. The first-order valence-electron chi connectivity index (χ1n) is 11.9. The second-order valence-corrected chi connectivity index (χ2v) is 10.1. The van der Waals surface area contributed by atoms with Crippen molar-refractivity contribution in [2.24, 2.45) is 7.05 Å². The average molecular weight is 477 g/mol. The lowest BCUT2D eigenvalue weighted by molar-refractivity contribution is 0.0826. The lowest BCUT2D eigenvalue weighted by Gasteiger charge is -2.35. The van der Waals surface area contributed by atoms with Crippen molar-refractivity contribution in [3.05, 3.63) is 57.6 Å². The number of rotatable bonds is 4. The van der Waals surface area contributed by atoms with Gasteiger partial charge in [0.05, 0.1) is 30.4 Å². The summed E-state index contributed by atoms with van der Waals surface area (Å²) in [7, 11) is 1.71. The molecule has 1 unspecified atom stereocenters. The first-order valence-corrected chi connectivity index (χ1v) is 11.9. The van der Waals surface area contributed by atoms with E-state index in [-0.39, 0.29) is 23.9 Å². The van der Waals surface area contributed by atoms with Crippen LogP contribution in [0.3, 0.4) is 0 Å². The van der Waals surface area contributed by atoms with Gasteiger partial charge in [-0.1, -0.05) is 18.2 Å². The maximum Gasteiger partial charge on any atom is 0.407 e. The molecule has 2 aromatic heterocycles. The Balaban J connectivity index is 1.72. The zero-order valence-electron chi connectivity index (χ0n) is 21.0. The number of hydrogen-bond donors (Lipinski definition) is 1. The number of imidazole rings is 1. The third-order valence-electron chi connectivity index (χ3n) is 6.12. The maximum absolute atomic E-state index is 13.3. The standard InChI is InChI=1S/C26H32N6O3/c1-17-13-21(31-12-8-11-20(16-31)35-24(33)29-26(2,3)4)22-23(28-17)30(5)25(34)32(22)15-19-10-7-6-9-18(19)14-27/h6-7,9-10,13,20H,8,11-12,15-16H2,1-5H3,(H,29,33). The summed E-state index contributed by atoms with van der Waals surface area (Å²) < 4.78 is 8.97. The third-order valence-corrected chi connectivity index (χ3v) is 6.12. The highest BCUT2D eigenvalue weighted by Gasteiger charge is 2.28. The predicted molar refractivity (Wildman–Crippen MR) is 135 cm³/mol. The number of fused-ring (bicyclic) bond motifs is 1. The molecule has 3 aromatic rings. The number of aromatic nitrogens is 3. The molecule has 1 fully saturated rings. The molecule has 0 aliphatic carbocycles. The normalized spacial score (nSPS) is 16.2. The van der Waals surface area contributed by atoms with Crippen molar-refractivity contribution < 1.29 is 9.53 Å². The van der Waals surface area contributed by atoms with Crippen LogP contribution in [0, 0.1) is 18.3 Å². The van der Waals surface area contributed by atoms with Gasteiger partial charge in [0.2, 0.25) is 0 Å². The molecule has 184 valence electrons. The van der Waals surface area contributed by atoms with E-state index in [1.807, 2.05) is 52.0 Å².